The largest absolute Gasteiger partial charge is 0.461 e. The Morgan fingerprint density at radius 3 is 2.48 bits per heavy atom. The Balaban J connectivity index is 0.00000436. The molecular formula is C22H34F2N4O3. The van der Waals surface area contributed by atoms with Crippen molar-refractivity contribution >= 4 is 12.4 Å². The van der Waals surface area contributed by atoms with Gasteiger partial charge in [-0.1, -0.05) is 32.6 Å². The van der Waals surface area contributed by atoms with Crippen LogP contribution in [-0.2, 0) is 14.3 Å². The number of carbonyl (C=O) groups is 2. The third-order valence-electron chi connectivity index (χ3n) is 4.60. The molecule has 174 valence electrons. The molecule has 1 rings (SSSR count). The van der Waals surface area contributed by atoms with E-state index in [1.54, 1.807) is 29.3 Å². The molecule has 31 heavy (non-hydrogen) atoms. The van der Waals surface area contributed by atoms with E-state index in [1.807, 2.05) is 19.9 Å². The number of carbonyl (C=O) groups excluding carboxylic acids is 2. The van der Waals surface area contributed by atoms with Gasteiger partial charge in [-0.15, -0.1) is 0 Å². The van der Waals surface area contributed by atoms with Crippen molar-refractivity contribution in [2.75, 3.05) is 26.2 Å². The van der Waals surface area contributed by atoms with Crippen LogP contribution >= 0.6 is 0 Å². The number of nitrogens with one attached hydrogen (secondary N) is 2. The van der Waals surface area contributed by atoms with Gasteiger partial charge >= 0.3 is 0 Å². The van der Waals surface area contributed by atoms with E-state index in [2.05, 4.69) is 17.2 Å². The lowest BCUT2D eigenvalue weighted by Gasteiger charge is -2.38. The second kappa shape index (κ2) is 16.0. The zero-order chi connectivity index (χ0) is 23.7. The Morgan fingerprint density at radius 1 is 1.32 bits per heavy atom. The number of rotatable bonds is 12. The summed E-state index contributed by atoms with van der Waals surface area (Å²) in [6, 6.07) is 1.19. The first kappa shape index (κ1) is 28.3. The number of nitrogens with zero attached hydrogens (tertiary/aromatic N) is 2. The molecule has 1 fully saturated rings. The SMILES string of the molecule is C=C(F)C(C=C/C=C/NCC(CNC(C)=O)OC=O)N1CCC(F)(CC#N)CC1.CC. The smallest absolute Gasteiger partial charge is 0.293 e. The number of alkyl halides is 1. The van der Waals surface area contributed by atoms with Crippen molar-refractivity contribution in [2.24, 2.45) is 0 Å². The molecule has 0 spiro atoms. The minimum absolute atomic E-state index is 0.150. The van der Waals surface area contributed by atoms with Crippen molar-refractivity contribution in [1.29, 1.82) is 5.26 Å². The highest BCUT2D eigenvalue weighted by atomic mass is 19.1. The molecule has 2 unspecified atom stereocenters. The third-order valence-corrected chi connectivity index (χ3v) is 4.60. The van der Waals surface area contributed by atoms with Gasteiger partial charge in [0.1, 0.15) is 17.6 Å². The fourth-order valence-corrected chi connectivity index (χ4v) is 2.94. The highest BCUT2D eigenvalue weighted by Crippen LogP contribution is 2.31. The van der Waals surface area contributed by atoms with Crippen LogP contribution in [0.5, 0.6) is 0 Å². The highest BCUT2D eigenvalue weighted by Gasteiger charge is 2.36. The summed E-state index contributed by atoms with van der Waals surface area (Å²) in [6.45, 7) is 10.2. The molecule has 2 N–H and O–H groups in total. The average molecular weight is 441 g/mol. The standard InChI is InChI=1S/C20H28F2N4O3.C2H6/c1-16(21)19(26-11-7-20(22,6-9-23)8-12-26)5-3-4-10-24-13-18(29-15-27)14-25-17(2)28;1-2/h3-5,10,15,18-19,24H,1,6-8,11-14H2,2H3,(H,25,28);1-2H3/b5-3?,10-4+;. The van der Waals surface area contributed by atoms with Gasteiger partial charge in [0.2, 0.25) is 5.91 Å². The molecule has 0 saturated carbocycles. The van der Waals surface area contributed by atoms with E-state index >= 15 is 0 Å². The zero-order valence-corrected chi connectivity index (χ0v) is 18.6. The van der Waals surface area contributed by atoms with Gasteiger partial charge in [-0.05, 0) is 25.1 Å². The van der Waals surface area contributed by atoms with E-state index in [9.17, 15) is 18.4 Å². The van der Waals surface area contributed by atoms with Gasteiger partial charge in [0.05, 0.1) is 31.6 Å². The molecule has 1 aliphatic heterocycles. The first-order chi connectivity index (χ1) is 14.8. The van der Waals surface area contributed by atoms with Gasteiger partial charge in [0.15, 0.2) is 0 Å². The van der Waals surface area contributed by atoms with Crippen molar-refractivity contribution < 1.29 is 23.1 Å². The van der Waals surface area contributed by atoms with Gasteiger partial charge in [-0.3, -0.25) is 14.5 Å². The molecule has 0 bridgehead atoms. The molecule has 0 aromatic rings. The second-order valence-corrected chi connectivity index (χ2v) is 6.86. The minimum atomic E-state index is -1.50. The van der Waals surface area contributed by atoms with E-state index in [1.165, 1.54) is 6.92 Å². The number of hydrogen-bond acceptors (Lipinski definition) is 6. The third kappa shape index (κ3) is 11.9. The number of ether oxygens (including phenoxy) is 1. The predicted octanol–water partition coefficient (Wildman–Crippen LogP) is 2.92. The van der Waals surface area contributed by atoms with Crippen molar-refractivity contribution in [3.8, 4) is 6.07 Å². The van der Waals surface area contributed by atoms with E-state index in [-0.39, 0.29) is 38.3 Å². The molecule has 1 aliphatic rings. The maximum absolute atomic E-state index is 14.4. The maximum Gasteiger partial charge on any atom is 0.293 e. The van der Waals surface area contributed by atoms with Crippen LogP contribution < -0.4 is 10.6 Å². The molecule has 1 heterocycles. The predicted molar refractivity (Wildman–Crippen MR) is 116 cm³/mol. The van der Waals surface area contributed by atoms with E-state index in [0.717, 1.165) is 0 Å². The molecule has 2 atom stereocenters. The normalized spacial score (nSPS) is 17.7. The number of hydrogen-bond donors (Lipinski definition) is 2. The minimum Gasteiger partial charge on any atom is -0.461 e. The fraction of sp³-hybridized carbons (Fsp3) is 0.591. The van der Waals surface area contributed by atoms with Gasteiger partial charge < -0.3 is 15.4 Å². The number of amides is 1. The molecule has 1 amide bonds. The first-order valence-corrected chi connectivity index (χ1v) is 10.4. The monoisotopic (exact) mass is 440 g/mol. The molecule has 0 aromatic carbocycles. The summed E-state index contributed by atoms with van der Waals surface area (Å²) in [5.41, 5.74) is -1.50. The number of allylic oxidation sites excluding steroid dienone is 2. The summed E-state index contributed by atoms with van der Waals surface area (Å²) in [4.78, 5) is 23.2. The summed E-state index contributed by atoms with van der Waals surface area (Å²) in [5.74, 6) is -0.764. The number of likely N-dealkylation sites (tertiary alicyclic amines) is 1. The summed E-state index contributed by atoms with van der Waals surface area (Å²) in [5, 5.41) is 14.2. The number of piperidine rings is 1. The summed E-state index contributed by atoms with van der Waals surface area (Å²) in [7, 11) is 0. The lowest BCUT2D eigenvalue weighted by Crippen LogP contribution is -2.46. The number of nitriles is 1. The molecule has 0 aliphatic carbocycles. The van der Waals surface area contributed by atoms with Crippen LogP contribution in [0.1, 0.15) is 40.0 Å². The highest BCUT2D eigenvalue weighted by molar-refractivity contribution is 5.72. The van der Waals surface area contributed by atoms with E-state index in [0.29, 0.717) is 19.6 Å². The van der Waals surface area contributed by atoms with Crippen LogP contribution in [0.15, 0.2) is 36.8 Å². The number of halogens is 2. The lowest BCUT2D eigenvalue weighted by molar-refractivity contribution is -0.134. The van der Waals surface area contributed by atoms with Crippen LogP contribution in [-0.4, -0.2) is 61.3 Å². The Kier molecular flexibility index (Phi) is 14.6. The molecule has 0 aromatic heterocycles. The Morgan fingerprint density at radius 2 is 1.97 bits per heavy atom. The fourth-order valence-electron chi connectivity index (χ4n) is 2.94. The van der Waals surface area contributed by atoms with Crippen molar-refractivity contribution in [2.45, 2.75) is 57.8 Å². The second-order valence-electron chi connectivity index (χ2n) is 6.86. The first-order valence-electron chi connectivity index (χ1n) is 10.4. The van der Waals surface area contributed by atoms with Crippen LogP contribution in [0.25, 0.3) is 0 Å². The van der Waals surface area contributed by atoms with Crippen LogP contribution in [0.3, 0.4) is 0 Å². The Labute approximate surface area is 183 Å². The van der Waals surface area contributed by atoms with Crippen molar-refractivity contribution in [3.05, 3.63) is 36.8 Å². The van der Waals surface area contributed by atoms with E-state index < -0.39 is 23.6 Å². The molecule has 9 heteroatoms. The van der Waals surface area contributed by atoms with Gasteiger partial charge in [-0.2, -0.15) is 5.26 Å². The Bertz CT molecular complexity index is 654. The Hall–Kier alpha value is -2.73. The average Bonchev–Trinajstić information content (AvgIpc) is 2.73. The van der Waals surface area contributed by atoms with Crippen LogP contribution in [0, 0.1) is 11.3 Å². The quantitative estimate of drug-likeness (QED) is 0.358. The molecule has 7 nitrogen and oxygen atoms in total. The van der Waals surface area contributed by atoms with Crippen LogP contribution in [0.4, 0.5) is 8.78 Å². The molecule has 1 saturated heterocycles. The topological polar surface area (TPSA) is 94.5 Å². The van der Waals surface area contributed by atoms with E-state index in [4.69, 9.17) is 10.00 Å². The molecular weight excluding hydrogens is 406 g/mol. The molecule has 0 radical (unpaired) electrons. The zero-order valence-electron chi connectivity index (χ0n) is 18.6. The lowest BCUT2D eigenvalue weighted by atomic mass is 9.90. The maximum atomic E-state index is 14.4. The van der Waals surface area contributed by atoms with Crippen molar-refractivity contribution in [3.63, 3.8) is 0 Å². The summed E-state index contributed by atoms with van der Waals surface area (Å²) in [6.07, 6.45) is 6.19. The van der Waals surface area contributed by atoms with Gasteiger partial charge in [0.25, 0.3) is 6.47 Å². The van der Waals surface area contributed by atoms with Gasteiger partial charge in [0, 0.05) is 20.0 Å². The van der Waals surface area contributed by atoms with Crippen LogP contribution in [0.2, 0.25) is 0 Å². The van der Waals surface area contributed by atoms with Crippen molar-refractivity contribution in [1.82, 2.24) is 15.5 Å². The summed E-state index contributed by atoms with van der Waals surface area (Å²) < 4.78 is 33.1. The summed E-state index contributed by atoms with van der Waals surface area (Å²) >= 11 is 0. The van der Waals surface area contributed by atoms with Gasteiger partial charge in [-0.25, -0.2) is 8.78 Å².